The molecule has 2 heterocycles. The van der Waals surface area contributed by atoms with Crippen molar-refractivity contribution in [2.24, 2.45) is 0 Å². The predicted molar refractivity (Wildman–Crippen MR) is 77.0 cm³/mol. The molecule has 21 heavy (non-hydrogen) atoms. The van der Waals surface area contributed by atoms with Crippen molar-refractivity contribution in [1.29, 1.82) is 0 Å². The van der Waals surface area contributed by atoms with E-state index in [0.29, 0.717) is 12.4 Å². The highest BCUT2D eigenvalue weighted by Crippen LogP contribution is 2.22. The number of nitrogens with zero attached hydrogens (tertiary/aromatic N) is 2. The van der Waals surface area contributed by atoms with Crippen molar-refractivity contribution in [3.8, 4) is 11.5 Å². The zero-order valence-electron chi connectivity index (χ0n) is 11.8. The molecule has 1 aromatic carbocycles. The summed E-state index contributed by atoms with van der Waals surface area (Å²) >= 11 is 0. The van der Waals surface area contributed by atoms with Gasteiger partial charge >= 0.3 is 0 Å². The lowest BCUT2D eigenvalue weighted by Crippen LogP contribution is -2.41. The lowest BCUT2D eigenvalue weighted by Gasteiger charge is -2.33. The number of hydrogen-bond acceptors (Lipinski definition) is 4. The molecule has 0 radical (unpaired) electrons. The largest absolute Gasteiger partial charge is 0.444 e. The van der Waals surface area contributed by atoms with Crippen molar-refractivity contribution in [3.05, 3.63) is 42.0 Å². The second-order valence-corrected chi connectivity index (χ2v) is 5.45. The molecule has 1 saturated heterocycles. The van der Waals surface area contributed by atoms with E-state index in [0.717, 1.165) is 30.6 Å². The molecule has 0 amide bonds. The summed E-state index contributed by atoms with van der Waals surface area (Å²) in [6.45, 7) is 1.84. The van der Waals surface area contributed by atoms with Crippen LogP contribution in [0.4, 0.5) is 4.39 Å². The maximum Gasteiger partial charge on any atom is 0.226 e. The number of oxazole rings is 1. The zero-order valence-corrected chi connectivity index (χ0v) is 11.8. The van der Waals surface area contributed by atoms with E-state index >= 15 is 0 Å². The van der Waals surface area contributed by atoms with Crippen LogP contribution in [-0.2, 0) is 6.54 Å². The van der Waals surface area contributed by atoms with E-state index in [1.54, 1.807) is 18.4 Å². The fourth-order valence-corrected chi connectivity index (χ4v) is 2.79. The van der Waals surface area contributed by atoms with Gasteiger partial charge in [-0.25, -0.2) is 9.37 Å². The van der Waals surface area contributed by atoms with Gasteiger partial charge in [-0.2, -0.15) is 0 Å². The lowest BCUT2D eigenvalue weighted by molar-refractivity contribution is 0.0830. The minimum atomic E-state index is -0.273. The van der Waals surface area contributed by atoms with Gasteiger partial charge in [0.25, 0.3) is 0 Å². The van der Waals surface area contributed by atoms with Gasteiger partial charge in [0.15, 0.2) is 0 Å². The predicted octanol–water partition coefficient (Wildman–Crippen LogP) is 2.83. The second kappa shape index (κ2) is 6.37. The second-order valence-electron chi connectivity index (χ2n) is 5.45. The van der Waals surface area contributed by atoms with Crippen molar-refractivity contribution in [1.82, 2.24) is 9.88 Å². The average Bonchev–Trinajstić information content (AvgIpc) is 2.97. The SMILES string of the molecule is OCC1CCCCN1Cc1coc(-c2ccc(F)cc2)n1. The summed E-state index contributed by atoms with van der Waals surface area (Å²) in [4.78, 5) is 6.71. The first-order valence-electron chi connectivity index (χ1n) is 7.31. The molecule has 1 N–H and O–H groups in total. The molecular formula is C16H19FN2O2. The summed E-state index contributed by atoms with van der Waals surface area (Å²) in [7, 11) is 0. The highest BCUT2D eigenvalue weighted by Gasteiger charge is 2.22. The maximum absolute atomic E-state index is 12.9. The summed E-state index contributed by atoms with van der Waals surface area (Å²) in [5.41, 5.74) is 1.61. The Labute approximate surface area is 123 Å². The zero-order chi connectivity index (χ0) is 14.7. The summed E-state index contributed by atoms with van der Waals surface area (Å²) in [5, 5.41) is 9.43. The fourth-order valence-electron chi connectivity index (χ4n) is 2.79. The van der Waals surface area contributed by atoms with Gasteiger partial charge in [0.2, 0.25) is 5.89 Å². The molecule has 1 unspecified atom stereocenters. The van der Waals surface area contributed by atoms with E-state index in [4.69, 9.17) is 4.42 Å². The average molecular weight is 290 g/mol. The first kappa shape index (κ1) is 14.2. The van der Waals surface area contributed by atoms with Gasteiger partial charge < -0.3 is 9.52 Å². The van der Waals surface area contributed by atoms with Gasteiger partial charge in [-0.05, 0) is 43.7 Å². The van der Waals surface area contributed by atoms with E-state index in [2.05, 4.69) is 9.88 Å². The van der Waals surface area contributed by atoms with Crippen LogP contribution in [0.25, 0.3) is 11.5 Å². The van der Waals surface area contributed by atoms with Gasteiger partial charge in [-0.1, -0.05) is 6.42 Å². The smallest absolute Gasteiger partial charge is 0.226 e. The van der Waals surface area contributed by atoms with Crippen LogP contribution in [0.2, 0.25) is 0 Å². The van der Waals surface area contributed by atoms with E-state index in [9.17, 15) is 9.50 Å². The Balaban J connectivity index is 1.71. The molecule has 0 spiro atoms. The van der Waals surface area contributed by atoms with Crippen molar-refractivity contribution in [3.63, 3.8) is 0 Å². The molecule has 0 bridgehead atoms. The normalized spacial score (nSPS) is 19.8. The summed E-state index contributed by atoms with van der Waals surface area (Å²) in [6, 6.07) is 6.31. The van der Waals surface area contributed by atoms with Gasteiger partial charge in [-0.15, -0.1) is 0 Å². The Morgan fingerprint density at radius 2 is 2.10 bits per heavy atom. The first-order valence-corrected chi connectivity index (χ1v) is 7.31. The van der Waals surface area contributed by atoms with Gasteiger partial charge in [0.05, 0.1) is 12.3 Å². The molecular weight excluding hydrogens is 271 g/mol. The molecule has 5 heteroatoms. The molecule has 112 valence electrons. The number of halogens is 1. The van der Waals surface area contributed by atoms with Crippen LogP contribution in [0.5, 0.6) is 0 Å². The van der Waals surface area contributed by atoms with Crippen LogP contribution in [0.1, 0.15) is 25.0 Å². The maximum atomic E-state index is 12.9. The quantitative estimate of drug-likeness (QED) is 0.940. The highest BCUT2D eigenvalue weighted by molar-refractivity contribution is 5.52. The molecule has 4 nitrogen and oxygen atoms in total. The third-order valence-corrected chi connectivity index (χ3v) is 3.97. The van der Waals surface area contributed by atoms with Gasteiger partial charge in [-0.3, -0.25) is 4.90 Å². The number of hydrogen-bond donors (Lipinski definition) is 1. The number of rotatable bonds is 4. The Hall–Kier alpha value is -1.72. The van der Waals surface area contributed by atoms with Crippen molar-refractivity contribution < 1.29 is 13.9 Å². The minimum Gasteiger partial charge on any atom is -0.444 e. The van der Waals surface area contributed by atoms with E-state index in [-0.39, 0.29) is 18.5 Å². The molecule has 1 fully saturated rings. The van der Waals surface area contributed by atoms with Crippen LogP contribution >= 0.6 is 0 Å². The lowest BCUT2D eigenvalue weighted by atomic mass is 10.0. The molecule has 1 aliphatic heterocycles. The first-order chi connectivity index (χ1) is 10.3. The number of likely N-dealkylation sites (tertiary alicyclic amines) is 1. The summed E-state index contributed by atoms with van der Waals surface area (Å²) in [5.74, 6) is 0.229. The monoisotopic (exact) mass is 290 g/mol. The molecule has 3 rings (SSSR count). The highest BCUT2D eigenvalue weighted by atomic mass is 19.1. The van der Waals surface area contributed by atoms with Crippen LogP contribution in [0, 0.1) is 5.82 Å². The van der Waals surface area contributed by atoms with Crippen molar-refractivity contribution >= 4 is 0 Å². The molecule has 2 aromatic rings. The van der Waals surface area contributed by atoms with Gasteiger partial charge in [0.1, 0.15) is 12.1 Å². The number of piperidine rings is 1. The number of aliphatic hydroxyl groups excluding tert-OH is 1. The Bertz CT molecular complexity index is 582. The number of aromatic nitrogens is 1. The molecule has 1 aliphatic rings. The number of benzene rings is 1. The topological polar surface area (TPSA) is 49.5 Å². The third-order valence-electron chi connectivity index (χ3n) is 3.97. The summed E-state index contributed by atoms with van der Waals surface area (Å²) in [6.07, 6.45) is 4.99. The standard InChI is InChI=1S/C16H19FN2O2/c17-13-6-4-12(5-7-13)16-18-14(11-21-16)9-19-8-2-1-3-15(19)10-20/h4-7,11,15,20H,1-3,8-10H2. The third kappa shape index (κ3) is 3.31. The Morgan fingerprint density at radius 1 is 1.29 bits per heavy atom. The van der Waals surface area contributed by atoms with Crippen LogP contribution < -0.4 is 0 Å². The van der Waals surface area contributed by atoms with E-state index in [1.807, 2.05) is 0 Å². The van der Waals surface area contributed by atoms with Crippen LogP contribution in [0.3, 0.4) is 0 Å². The number of aliphatic hydroxyl groups is 1. The minimum absolute atomic E-state index is 0.183. The van der Waals surface area contributed by atoms with Crippen LogP contribution in [-0.4, -0.2) is 34.2 Å². The van der Waals surface area contributed by atoms with E-state index < -0.39 is 0 Å². The summed E-state index contributed by atoms with van der Waals surface area (Å²) < 4.78 is 18.4. The van der Waals surface area contributed by atoms with Crippen molar-refractivity contribution in [2.75, 3.05) is 13.2 Å². The Kier molecular flexibility index (Phi) is 4.31. The van der Waals surface area contributed by atoms with Crippen LogP contribution in [0.15, 0.2) is 34.9 Å². The fraction of sp³-hybridized carbons (Fsp3) is 0.438. The molecule has 0 aliphatic carbocycles. The molecule has 0 saturated carbocycles. The molecule has 1 aromatic heterocycles. The van der Waals surface area contributed by atoms with E-state index in [1.165, 1.54) is 18.6 Å². The van der Waals surface area contributed by atoms with Gasteiger partial charge in [0, 0.05) is 18.2 Å². The van der Waals surface area contributed by atoms with Crippen molar-refractivity contribution in [2.45, 2.75) is 31.8 Å². The Morgan fingerprint density at radius 3 is 2.86 bits per heavy atom. The molecule has 1 atom stereocenters.